The monoisotopic (exact) mass is 304 g/mol. The summed E-state index contributed by atoms with van der Waals surface area (Å²) in [5.41, 5.74) is 6.25. The van der Waals surface area contributed by atoms with Crippen molar-refractivity contribution in [2.24, 2.45) is 0 Å². The lowest BCUT2D eigenvalue weighted by molar-refractivity contribution is 0.174. The van der Waals surface area contributed by atoms with Gasteiger partial charge in [-0.25, -0.2) is 9.97 Å². The molecule has 2 heterocycles. The Morgan fingerprint density at radius 1 is 0.913 bits per heavy atom. The molecule has 0 unspecified atom stereocenters. The first-order valence-corrected chi connectivity index (χ1v) is 8.01. The van der Waals surface area contributed by atoms with E-state index >= 15 is 0 Å². The van der Waals surface area contributed by atoms with Crippen molar-refractivity contribution in [3.63, 3.8) is 0 Å². The maximum absolute atomic E-state index is 5.49. The van der Waals surface area contributed by atoms with E-state index in [1.807, 2.05) is 12.1 Å². The first kappa shape index (κ1) is 12.9. The van der Waals surface area contributed by atoms with Crippen LogP contribution < -0.4 is 9.47 Å². The number of hydrogen-bond acceptors (Lipinski definition) is 4. The third kappa shape index (κ3) is 2.13. The summed E-state index contributed by atoms with van der Waals surface area (Å²) in [6.07, 6.45) is 6.14. The molecule has 0 radical (unpaired) electrons. The highest BCUT2D eigenvalue weighted by atomic mass is 16.7. The van der Waals surface area contributed by atoms with E-state index in [4.69, 9.17) is 9.47 Å². The van der Waals surface area contributed by atoms with Crippen molar-refractivity contribution in [2.75, 3.05) is 6.79 Å². The van der Waals surface area contributed by atoms with Gasteiger partial charge in [-0.2, -0.15) is 0 Å². The van der Waals surface area contributed by atoms with E-state index in [0.29, 0.717) is 0 Å². The van der Waals surface area contributed by atoms with Crippen LogP contribution in [0.4, 0.5) is 0 Å². The Morgan fingerprint density at radius 3 is 2.74 bits per heavy atom. The van der Waals surface area contributed by atoms with Crippen LogP contribution in [0.1, 0.15) is 28.8 Å². The van der Waals surface area contributed by atoms with E-state index in [-0.39, 0.29) is 6.79 Å². The summed E-state index contributed by atoms with van der Waals surface area (Å²) in [5, 5.41) is 1.04. The van der Waals surface area contributed by atoms with Crippen molar-refractivity contribution in [1.29, 1.82) is 0 Å². The van der Waals surface area contributed by atoms with Crippen molar-refractivity contribution in [1.82, 2.24) is 9.97 Å². The number of nitrogens with zero attached hydrogens (tertiary/aromatic N) is 2. The molecule has 23 heavy (non-hydrogen) atoms. The van der Waals surface area contributed by atoms with E-state index in [1.54, 1.807) is 6.33 Å². The van der Waals surface area contributed by atoms with Crippen LogP contribution in [0.5, 0.6) is 11.5 Å². The van der Waals surface area contributed by atoms with Gasteiger partial charge in [0.1, 0.15) is 6.33 Å². The fourth-order valence-corrected chi connectivity index (χ4v) is 3.57. The normalized spacial score (nSPS) is 15.1. The molecule has 3 aromatic rings. The number of ether oxygens (including phenoxy) is 2. The zero-order valence-corrected chi connectivity index (χ0v) is 12.7. The molecule has 0 spiro atoms. The quantitative estimate of drug-likeness (QED) is 0.727. The molecule has 4 nitrogen and oxygen atoms in total. The maximum atomic E-state index is 5.49. The summed E-state index contributed by atoms with van der Waals surface area (Å²) in [4.78, 5) is 8.89. The standard InChI is InChI=1S/C19H16N2O2/c1-2-13-5-4-12(6-14(13)3-1)7-16-15-8-18-19(23-11-22-18)9-17(15)21-10-20-16/h4-6,8-10H,1-3,7,11H2. The van der Waals surface area contributed by atoms with Crippen LogP contribution in [0.25, 0.3) is 10.9 Å². The van der Waals surface area contributed by atoms with Crippen molar-refractivity contribution in [2.45, 2.75) is 25.7 Å². The third-order valence-corrected chi connectivity index (χ3v) is 4.75. The summed E-state index contributed by atoms with van der Waals surface area (Å²) in [5.74, 6) is 1.54. The largest absolute Gasteiger partial charge is 0.454 e. The zero-order valence-electron chi connectivity index (χ0n) is 12.7. The molecule has 0 saturated heterocycles. The highest BCUT2D eigenvalue weighted by Gasteiger charge is 2.17. The lowest BCUT2D eigenvalue weighted by Gasteiger charge is -2.08. The van der Waals surface area contributed by atoms with Gasteiger partial charge in [0.15, 0.2) is 11.5 Å². The summed E-state index contributed by atoms with van der Waals surface area (Å²) in [7, 11) is 0. The van der Waals surface area contributed by atoms with Crippen LogP contribution in [0.3, 0.4) is 0 Å². The Morgan fingerprint density at radius 2 is 1.78 bits per heavy atom. The first-order valence-electron chi connectivity index (χ1n) is 8.01. The van der Waals surface area contributed by atoms with Gasteiger partial charge in [0.25, 0.3) is 0 Å². The van der Waals surface area contributed by atoms with Gasteiger partial charge in [-0.3, -0.25) is 0 Å². The molecule has 1 aliphatic heterocycles. The average molecular weight is 304 g/mol. The minimum atomic E-state index is 0.277. The van der Waals surface area contributed by atoms with Crippen molar-refractivity contribution < 1.29 is 9.47 Å². The number of aryl methyl sites for hydroxylation is 2. The number of benzene rings is 2. The van der Waals surface area contributed by atoms with E-state index in [0.717, 1.165) is 34.5 Å². The molecule has 0 bridgehead atoms. The Bertz CT molecular complexity index is 921. The first-order chi connectivity index (χ1) is 11.4. The molecule has 2 aliphatic rings. The predicted molar refractivity (Wildman–Crippen MR) is 86.9 cm³/mol. The lowest BCUT2D eigenvalue weighted by Crippen LogP contribution is -1.97. The molecule has 2 aromatic carbocycles. The number of hydrogen-bond donors (Lipinski definition) is 0. The highest BCUT2D eigenvalue weighted by Crippen LogP contribution is 2.36. The SMILES string of the molecule is c1nc(Cc2ccc3c(c2)CCC3)c2cc3c(cc2n1)OCO3. The molecule has 0 atom stereocenters. The molecule has 0 amide bonds. The zero-order chi connectivity index (χ0) is 15.2. The van der Waals surface area contributed by atoms with Gasteiger partial charge in [-0.1, -0.05) is 18.2 Å². The van der Waals surface area contributed by atoms with E-state index < -0.39 is 0 Å². The van der Waals surface area contributed by atoms with E-state index in [2.05, 4.69) is 28.2 Å². The molecular weight excluding hydrogens is 288 g/mol. The highest BCUT2D eigenvalue weighted by molar-refractivity contribution is 5.85. The Hall–Kier alpha value is -2.62. The Balaban J connectivity index is 1.57. The second-order valence-electron chi connectivity index (χ2n) is 6.18. The van der Waals surface area contributed by atoms with Crippen LogP contribution >= 0.6 is 0 Å². The van der Waals surface area contributed by atoms with Gasteiger partial charge in [0.05, 0.1) is 11.2 Å². The van der Waals surface area contributed by atoms with Gasteiger partial charge in [0.2, 0.25) is 6.79 Å². The second kappa shape index (κ2) is 4.95. The summed E-state index contributed by atoms with van der Waals surface area (Å²) >= 11 is 0. The van der Waals surface area contributed by atoms with E-state index in [1.165, 1.54) is 36.0 Å². The minimum absolute atomic E-state index is 0.277. The van der Waals surface area contributed by atoms with Gasteiger partial charge in [-0.15, -0.1) is 0 Å². The predicted octanol–water partition coefficient (Wildman–Crippen LogP) is 3.44. The third-order valence-electron chi connectivity index (χ3n) is 4.75. The minimum Gasteiger partial charge on any atom is -0.454 e. The van der Waals surface area contributed by atoms with Crippen molar-refractivity contribution in [3.05, 3.63) is 59.0 Å². The van der Waals surface area contributed by atoms with Gasteiger partial charge < -0.3 is 9.47 Å². The van der Waals surface area contributed by atoms with Gasteiger partial charge in [-0.05, 0) is 42.0 Å². The van der Waals surface area contributed by atoms with Gasteiger partial charge in [0, 0.05) is 17.9 Å². The van der Waals surface area contributed by atoms with Gasteiger partial charge >= 0.3 is 0 Å². The molecule has 4 heteroatoms. The molecule has 1 aromatic heterocycles. The topological polar surface area (TPSA) is 44.2 Å². The maximum Gasteiger partial charge on any atom is 0.231 e. The summed E-state index contributed by atoms with van der Waals surface area (Å²) in [6, 6.07) is 10.8. The molecule has 0 fully saturated rings. The second-order valence-corrected chi connectivity index (χ2v) is 6.18. The fraction of sp³-hybridized carbons (Fsp3) is 0.263. The summed E-state index contributed by atoms with van der Waals surface area (Å²) < 4.78 is 10.9. The summed E-state index contributed by atoms with van der Waals surface area (Å²) in [6.45, 7) is 0.277. The number of rotatable bonds is 2. The Kier molecular flexibility index (Phi) is 2.77. The fourth-order valence-electron chi connectivity index (χ4n) is 3.57. The van der Waals surface area contributed by atoms with Crippen LogP contribution in [-0.2, 0) is 19.3 Å². The van der Waals surface area contributed by atoms with Crippen LogP contribution in [0.15, 0.2) is 36.7 Å². The van der Waals surface area contributed by atoms with Crippen LogP contribution in [0, 0.1) is 0 Å². The Labute approximate surface area is 134 Å². The number of fused-ring (bicyclic) bond motifs is 3. The van der Waals surface area contributed by atoms with Crippen molar-refractivity contribution >= 4 is 10.9 Å². The molecule has 0 saturated carbocycles. The molecule has 1 aliphatic carbocycles. The molecule has 5 rings (SSSR count). The average Bonchev–Trinajstić information content (AvgIpc) is 3.21. The lowest BCUT2D eigenvalue weighted by atomic mass is 10.0. The van der Waals surface area contributed by atoms with Crippen molar-refractivity contribution in [3.8, 4) is 11.5 Å². The van der Waals surface area contributed by atoms with Crippen LogP contribution in [0.2, 0.25) is 0 Å². The molecule has 114 valence electrons. The van der Waals surface area contributed by atoms with E-state index in [9.17, 15) is 0 Å². The van der Waals surface area contributed by atoms with Crippen LogP contribution in [-0.4, -0.2) is 16.8 Å². The molecular formula is C19H16N2O2. The molecule has 0 N–H and O–H groups in total. The number of aromatic nitrogens is 2. The smallest absolute Gasteiger partial charge is 0.231 e.